The van der Waals surface area contributed by atoms with Crippen molar-refractivity contribution in [2.45, 2.75) is 39.3 Å². The Hall–Kier alpha value is -2.89. The predicted octanol–water partition coefficient (Wildman–Crippen LogP) is 4.62. The van der Waals surface area contributed by atoms with Crippen molar-refractivity contribution >= 4 is 17.7 Å². The van der Waals surface area contributed by atoms with Gasteiger partial charge in [-0.1, -0.05) is 56.3 Å². The van der Waals surface area contributed by atoms with Crippen molar-refractivity contribution in [2.75, 3.05) is 18.0 Å². The number of carbonyl (C=O) groups excluding carboxylic acids is 2. The lowest BCUT2D eigenvalue weighted by Gasteiger charge is -2.42. The Morgan fingerprint density at radius 1 is 1.14 bits per heavy atom. The van der Waals surface area contributed by atoms with E-state index in [9.17, 15) is 14.0 Å². The number of anilines is 1. The first kappa shape index (κ1) is 20.8. The fourth-order valence-corrected chi connectivity index (χ4v) is 3.81. The number of nitrogens with zero attached hydrogens (tertiary/aromatic N) is 2. The second-order valence-electron chi connectivity index (χ2n) is 7.39. The van der Waals surface area contributed by atoms with Crippen molar-refractivity contribution in [3.63, 3.8) is 0 Å². The number of halogens is 1. The first-order chi connectivity index (χ1) is 14.0. The highest BCUT2D eigenvalue weighted by atomic mass is 19.1. The molecule has 154 valence electrons. The number of carbonyl (C=O) groups is 2. The Labute approximate surface area is 171 Å². The Morgan fingerprint density at radius 2 is 1.83 bits per heavy atom. The molecule has 29 heavy (non-hydrogen) atoms. The minimum absolute atomic E-state index is 0.0110. The van der Waals surface area contributed by atoms with Crippen molar-refractivity contribution in [3.8, 4) is 0 Å². The summed E-state index contributed by atoms with van der Waals surface area (Å²) in [6.07, 6.45) is 0.501. The zero-order valence-corrected chi connectivity index (χ0v) is 16.9. The summed E-state index contributed by atoms with van der Waals surface area (Å²) >= 11 is 0. The van der Waals surface area contributed by atoms with E-state index >= 15 is 0 Å². The third kappa shape index (κ3) is 4.94. The van der Waals surface area contributed by atoms with Crippen LogP contribution in [0.3, 0.4) is 0 Å². The van der Waals surface area contributed by atoms with Crippen molar-refractivity contribution in [3.05, 3.63) is 66.0 Å². The molecule has 2 amide bonds. The van der Waals surface area contributed by atoms with Crippen LogP contribution in [0.1, 0.15) is 32.3 Å². The zero-order chi connectivity index (χ0) is 20.8. The van der Waals surface area contributed by atoms with Crippen LogP contribution in [0.15, 0.2) is 54.6 Å². The molecule has 0 radical (unpaired) electrons. The second-order valence-corrected chi connectivity index (χ2v) is 7.39. The van der Waals surface area contributed by atoms with E-state index in [0.29, 0.717) is 31.6 Å². The summed E-state index contributed by atoms with van der Waals surface area (Å²) in [6.45, 7) is 4.91. The third-order valence-electron chi connectivity index (χ3n) is 5.34. The number of para-hydroxylation sites is 1. The molecule has 1 fully saturated rings. The highest BCUT2D eigenvalue weighted by Gasteiger charge is 2.36. The van der Waals surface area contributed by atoms with Crippen molar-refractivity contribution in [1.82, 2.24) is 4.90 Å². The molecule has 2 aromatic rings. The maximum atomic E-state index is 14.4. The average molecular weight is 398 g/mol. The van der Waals surface area contributed by atoms with Gasteiger partial charge in [0.15, 0.2) is 0 Å². The van der Waals surface area contributed by atoms with E-state index in [4.69, 9.17) is 4.74 Å². The smallest absolute Gasteiger partial charge is 0.410 e. The van der Waals surface area contributed by atoms with Gasteiger partial charge in [-0.05, 0) is 30.0 Å². The van der Waals surface area contributed by atoms with E-state index in [0.717, 1.165) is 5.56 Å². The quantitative estimate of drug-likeness (QED) is 0.739. The number of hydrogen-bond acceptors (Lipinski definition) is 3. The number of ether oxygens (including phenoxy) is 1. The number of likely N-dealkylation sites (tertiary alicyclic amines) is 1. The molecule has 1 heterocycles. The van der Waals surface area contributed by atoms with Gasteiger partial charge in [0.25, 0.3) is 0 Å². The van der Waals surface area contributed by atoms with Gasteiger partial charge in [0.2, 0.25) is 5.91 Å². The molecule has 0 N–H and O–H groups in total. The van der Waals surface area contributed by atoms with Crippen molar-refractivity contribution in [2.24, 2.45) is 5.92 Å². The number of piperidine rings is 1. The summed E-state index contributed by atoms with van der Waals surface area (Å²) in [5, 5.41) is 0. The molecule has 6 heteroatoms. The van der Waals surface area contributed by atoms with E-state index in [1.807, 2.05) is 37.3 Å². The molecule has 2 atom stereocenters. The average Bonchev–Trinajstić information content (AvgIpc) is 2.75. The van der Waals surface area contributed by atoms with E-state index in [1.165, 1.54) is 6.07 Å². The lowest BCUT2D eigenvalue weighted by molar-refractivity contribution is -0.119. The predicted molar refractivity (Wildman–Crippen MR) is 110 cm³/mol. The van der Waals surface area contributed by atoms with Crippen LogP contribution in [0, 0.1) is 11.7 Å². The van der Waals surface area contributed by atoms with Gasteiger partial charge in [0.1, 0.15) is 12.4 Å². The normalized spacial score (nSPS) is 18.9. The van der Waals surface area contributed by atoms with Crippen LogP contribution in [-0.4, -0.2) is 36.0 Å². The highest BCUT2D eigenvalue weighted by molar-refractivity contribution is 5.94. The monoisotopic (exact) mass is 398 g/mol. The molecule has 1 aliphatic heterocycles. The molecule has 1 aliphatic rings. The lowest BCUT2D eigenvalue weighted by Crippen LogP contribution is -2.53. The van der Waals surface area contributed by atoms with E-state index in [-0.39, 0.29) is 30.6 Å². The third-order valence-corrected chi connectivity index (χ3v) is 5.34. The van der Waals surface area contributed by atoms with Crippen LogP contribution >= 0.6 is 0 Å². The van der Waals surface area contributed by atoms with Crippen molar-refractivity contribution in [1.29, 1.82) is 0 Å². The van der Waals surface area contributed by atoms with Crippen molar-refractivity contribution < 1.29 is 18.7 Å². The molecule has 1 saturated heterocycles. The Kier molecular flexibility index (Phi) is 6.86. The van der Waals surface area contributed by atoms with Crippen LogP contribution in [0.2, 0.25) is 0 Å². The van der Waals surface area contributed by atoms with Crippen LogP contribution < -0.4 is 4.90 Å². The first-order valence-corrected chi connectivity index (χ1v) is 10.0. The molecule has 0 aliphatic carbocycles. The van der Waals surface area contributed by atoms with Crippen LogP contribution in [-0.2, 0) is 16.1 Å². The largest absolute Gasteiger partial charge is 0.445 e. The topological polar surface area (TPSA) is 49.9 Å². The molecule has 0 bridgehead atoms. The Balaban J connectivity index is 1.66. The van der Waals surface area contributed by atoms with Crippen LogP contribution in [0.4, 0.5) is 14.9 Å². The maximum Gasteiger partial charge on any atom is 0.410 e. The highest BCUT2D eigenvalue weighted by Crippen LogP contribution is 2.30. The standard InChI is InChI=1S/C23H27FN2O3/c1-3-22(27)26(21-12-8-7-11-19(21)24)20-13-14-25(15-17(20)2)23(28)29-16-18-9-5-4-6-10-18/h4-12,17,20H,3,13-16H2,1-2H3. The van der Waals surface area contributed by atoms with Crippen LogP contribution in [0.25, 0.3) is 0 Å². The maximum absolute atomic E-state index is 14.4. The number of amides is 2. The fraction of sp³-hybridized carbons (Fsp3) is 0.391. The van der Waals surface area contributed by atoms with Gasteiger partial charge < -0.3 is 14.5 Å². The number of benzene rings is 2. The molecule has 5 nitrogen and oxygen atoms in total. The summed E-state index contributed by atoms with van der Waals surface area (Å²) in [5.41, 5.74) is 1.24. The Morgan fingerprint density at radius 3 is 2.48 bits per heavy atom. The molecule has 0 spiro atoms. The summed E-state index contributed by atoms with van der Waals surface area (Å²) in [5.74, 6) is -0.540. The van der Waals surface area contributed by atoms with Gasteiger partial charge in [-0.15, -0.1) is 0 Å². The van der Waals surface area contributed by atoms with Gasteiger partial charge in [-0.3, -0.25) is 4.79 Å². The minimum Gasteiger partial charge on any atom is -0.445 e. The molecular formula is C23H27FN2O3. The number of rotatable bonds is 5. The summed E-state index contributed by atoms with van der Waals surface area (Å²) < 4.78 is 19.8. The van der Waals surface area contributed by atoms with Gasteiger partial charge in [-0.2, -0.15) is 0 Å². The molecule has 2 aromatic carbocycles. The van der Waals surface area contributed by atoms with Crippen LogP contribution in [0.5, 0.6) is 0 Å². The van der Waals surface area contributed by atoms with Gasteiger partial charge in [0, 0.05) is 25.6 Å². The zero-order valence-electron chi connectivity index (χ0n) is 16.9. The molecule has 3 rings (SSSR count). The lowest BCUT2D eigenvalue weighted by atomic mass is 9.91. The molecule has 2 unspecified atom stereocenters. The SMILES string of the molecule is CCC(=O)N(c1ccccc1F)C1CCN(C(=O)OCc2ccccc2)CC1C. The molecular weight excluding hydrogens is 371 g/mol. The minimum atomic E-state index is -0.411. The fourth-order valence-electron chi connectivity index (χ4n) is 3.81. The second kappa shape index (κ2) is 9.54. The van der Waals surface area contributed by atoms with E-state index in [1.54, 1.807) is 34.9 Å². The molecule has 0 aromatic heterocycles. The Bertz CT molecular complexity index is 843. The van der Waals surface area contributed by atoms with Gasteiger partial charge >= 0.3 is 6.09 Å². The van der Waals surface area contributed by atoms with Gasteiger partial charge in [0.05, 0.1) is 5.69 Å². The number of hydrogen-bond donors (Lipinski definition) is 0. The summed E-state index contributed by atoms with van der Waals surface area (Å²) in [6, 6.07) is 15.7. The summed E-state index contributed by atoms with van der Waals surface area (Å²) in [4.78, 5) is 28.4. The summed E-state index contributed by atoms with van der Waals surface area (Å²) in [7, 11) is 0. The molecule has 0 saturated carbocycles. The van der Waals surface area contributed by atoms with E-state index in [2.05, 4.69) is 0 Å². The van der Waals surface area contributed by atoms with E-state index < -0.39 is 5.82 Å². The van der Waals surface area contributed by atoms with Gasteiger partial charge in [-0.25, -0.2) is 9.18 Å². The first-order valence-electron chi connectivity index (χ1n) is 10.0.